The second-order valence-electron chi connectivity index (χ2n) is 4.37. The first-order chi connectivity index (χ1) is 8.49. The number of hydrogen-bond acceptors (Lipinski definition) is 3. The van der Waals surface area contributed by atoms with Crippen LogP contribution < -0.4 is 5.32 Å². The van der Waals surface area contributed by atoms with Gasteiger partial charge in [0.2, 0.25) is 0 Å². The maximum absolute atomic E-state index is 12.1. The topological polar surface area (TPSA) is 47.6 Å². The third-order valence-corrected chi connectivity index (χ3v) is 3.01. The fourth-order valence-electron chi connectivity index (χ4n) is 1.81. The van der Waals surface area contributed by atoms with Crippen LogP contribution >= 0.6 is 0 Å². The number of benzene rings is 1. The zero-order chi connectivity index (χ0) is 13.7. The number of carbonyl (C=O) groups is 1. The van der Waals surface area contributed by atoms with Crippen molar-refractivity contribution < 1.29 is 14.3 Å². The predicted octanol–water partition coefficient (Wildman–Crippen LogP) is 1.96. The van der Waals surface area contributed by atoms with Crippen molar-refractivity contribution in [1.29, 1.82) is 0 Å². The third kappa shape index (κ3) is 3.55. The minimum atomic E-state index is -0.417. The van der Waals surface area contributed by atoms with E-state index < -0.39 is 6.29 Å². The lowest BCUT2D eigenvalue weighted by Gasteiger charge is -2.15. The lowest BCUT2D eigenvalue weighted by molar-refractivity contribution is -0.0974. The van der Waals surface area contributed by atoms with E-state index in [2.05, 4.69) is 11.4 Å². The van der Waals surface area contributed by atoms with Gasteiger partial charge in [-0.1, -0.05) is 11.6 Å². The summed E-state index contributed by atoms with van der Waals surface area (Å²) in [5.41, 5.74) is 3.91. The Hall–Kier alpha value is -1.39. The van der Waals surface area contributed by atoms with Crippen LogP contribution in [0.2, 0.25) is 0 Å². The first-order valence-electron chi connectivity index (χ1n) is 5.91. The summed E-state index contributed by atoms with van der Waals surface area (Å²) in [7, 11) is 3.09. The molecule has 0 saturated heterocycles. The highest BCUT2D eigenvalue weighted by Crippen LogP contribution is 2.15. The zero-order valence-corrected chi connectivity index (χ0v) is 11.7. The second-order valence-corrected chi connectivity index (χ2v) is 4.37. The first kappa shape index (κ1) is 14.7. The maximum atomic E-state index is 12.1. The van der Waals surface area contributed by atoms with Crippen molar-refractivity contribution in [2.24, 2.45) is 0 Å². The van der Waals surface area contributed by atoms with Crippen molar-refractivity contribution in [3.63, 3.8) is 0 Å². The van der Waals surface area contributed by atoms with Crippen LogP contribution in [0.25, 0.3) is 0 Å². The molecule has 1 rings (SSSR count). The van der Waals surface area contributed by atoms with E-state index in [-0.39, 0.29) is 5.91 Å². The highest BCUT2D eigenvalue weighted by atomic mass is 16.7. The Morgan fingerprint density at radius 1 is 1.22 bits per heavy atom. The molecule has 1 amide bonds. The molecule has 18 heavy (non-hydrogen) atoms. The van der Waals surface area contributed by atoms with Gasteiger partial charge in [0.1, 0.15) is 0 Å². The van der Waals surface area contributed by atoms with Gasteiger partial charge in [0, 0.05) is 19.8 Å². The molecule has 1 aromatic carbocycles. The molecule has 0 atom stereocenters. The lowest BCUT2D eigenvalue weighted by atomic mass is 9.99. The fraction of sp³-hybridized carbons (Fsp3) is 0.500. The molecule has 0 fully saturated rings. The van der Waals surface area contributed by atoms with Gasteiger partial charge >= 0.3 is 0 Å². The Balaban J connectivity index is 2.78. The van der Waals surface area contributed by atoms with Crippen molar-refractivity contribution in [2.75, 3.05) is 20.8 Å². The molecular formula is C14H21NO3. The number of aryl methyl sites for hydroxylation is 2. The molecule has 0 aliphatic rings. The summed E-state index contributed by atoms with van der Waals surface area (Å²) in [6.45, 7) is 6.27. The van der Waals surface area contributed by atoms with Crippen molar-refractivity contribution in [2.45, 2.75) is 27.1 Å². The van der Waals surface area contributed by atoms with Gasteiger partial charge in [-0.15, -0.1) is 0 Å². The molecule has 0 radical (unpaired) electrons. The van der Waals surface area contributed by atoms with Crippen LogP contribution in [0.3, 0.4) is 0 Å². The molecule has 0 aliphatic carbocycles. The van der Waals surface area contributed by atoms with Gasteiger partial charge in [0.25, 0.3) is 5.91 Å². The van der Waals surface area contributed by atoms with Crippen LogP contribution in [0, 0.1) is 20.8 Å². The number of methoxy groups -OCH3 is 2. The van der Waals surface area contributed by atoms with Gasteiger partial charge < -0.3 is 14.8 Å². The number of ether oxygens (including phenoxy) is 2. The number of carbonyl (C=O) groups excluding carboxylic acids is 1. The summed E-state index contributed by atoms with van der Waals surface area (Å²) in [5, 5.41) is 2.81. The van der Waals surface area contributed by atoms with Crippen LogP contribution in [-0.4, -0.2) is 33.0 Å². The molecule has 4 nitrogen and oxygen atoms in total. The van der Waals surface area contributed by atoms with Gasteiger partial charge in [-0.3, -0.25) is 4.79 Å². The summed E-state index contributed by atoms with van der Waals surface area (Å²) < 4.78 is 10.1. The molecule has 100 valence electrons. The summed E-state index contributed by atoms with van der Waals surface area (Å²) in [6.07, 6.45) is -0.417. The molecule has 4 heteroatoms. The van der Waals surface area contributed by atoms with E-state index in [1.807, 2.05) is 26.8 Å². The molecule has 1 N–H and O–H groups in total. The van der Waals surface area contributed by atoms with Crippen LogP contribution in [0.5, 0.6) is 0 Å². The van der Waals surface area contributed by atoms with E-state index in [0.717, 1.165) is 16.7 Å². The standard InChI is InChI=1S/C14H21NO3/c1-9-6-10(2)11(3)12(7-9)14(16)15-8-13(17-4)18-5/h6-7,13H,8H2,1-5H3,(H,15,16). The van der Waals surface area contributed by atoms with Crippen LogP contribution in [-0.2, 0) is 9.47 Å². The monoisotopic (exact) mass is 251 g/mol. The van der Waals surface area contributed by atoms with Gasteiger partial charge in [-0.2, -0.15) is 0 Å². The Morgan fingerprint density at radius 2 is 1.83 bits per heavy atom. The van der Waals surface area contributed by atoms with Gasteiger partial charge in [-0.25, -0.2) is 0 Å². The smallest absolute Gasteiger partial charge is 0.251 e. The van der Waals surface area contributed by atoms with Crippen LogP contribution in [0.4, 0.5) is 0 Å². The van der Waals surface area contributed by atoms with Crippen LogP contribution in [0.1, 0.15) is 27.0 Å². The molecular weight excluding hydrogens is 230 g/mol. The Morgan fingerprint density at radius 3 is 2.39 bits per heavy atom. The van der Waals surface area contributed by atoms with E-state index in [1.165, 1.54) is 0 Å². The molecule has 0 aromatic heterocycles. The van der Waals surface area contributed by atoms with E-state index >= 15 is 0 Å². The van der Waals surface area contributed by atoms with Crippen molar-refractivity contribution in [3.8, 4) is 0 Å². The molecule has 0 aliphatic heterocycles. The van der Waals surface area contributed by atoms with E-state index in [1.54, 1.807) is 14.2 Å². The molecule has 1 aromatic rings. The Labute approximate surface area is 108 Å². The van der Waals surface area contributed by atoms with Crippen LogP contribution in [0.15, 0.2) is 12.1 Å². The summed E-state index contributed by atoms with van der Waals surface area (Å²) in [4.78, 5) is 12.1. The highest BCUT2D eigenvalue weighted by molar-refractivity contribution is 5.96. The average Bonchev–Trinajstić information content (AvgIpc) is 2.34. The SMILES string of the molecule is COC(CNC(=O)c1cc(C)cc(C)c1C)OC. The average molecular weight is 251 g/mol. The van der Waals surface area contributed by atoms with E-state index in [4.69, 9.17) is 9.47 Å². The molecule has 0 unspecified atom stereocenters. The number of amides is 1. The summed E-state index contributed by atoms with van der Waals surface area (Å²) in [6, 6.07) is 3.96. The number of nitrogens with one attached hydrogen (secondary N) is 1. The van der Waals surface area contributed by atoms with E-state index in [0.29, 0.717) is 12.1 Å². The predicted molar refractivity (Wildman–Crippen MR) is 70.8 cm³/mol. The third-order valence-electron chi connectivity index (χ3n) is 3.01. The second kappa shape index (κ2) is 6.52. The van der Waals surface area contributed by atoms with Gasteiger partial charge in [-0.05, 0) is 38.0 Å². The molecule has 0 heterocycles. The van der Waals surface area contributed by atoms with Crippen molar-refractivity contribution in [1.82, 2.24) is 5.32 Å². The Bertz CT molecular complexity index is 425. The molecule has 0 bridgehead atoms. The summed E-state index contributed by atoms with van der Waals surface area (Å²) in [5.74, 6) is -0.0987. The minimum absolute atomic E-state index is 0.0987. The number of rotatable bonds is 5. The quantitative estimate of drug-likeness (QED) is 0.814. The van der Waals surface area contributed by atoms with Crippen molar-refractivity contribution in [3.05, 3.63) is 34.4 Å². The van der Waals surface area contributed by atoms with Gasteiger partial charge in [0.05, 0.1) is 6.54 Å². The highest BCUT2D eigenvalue weighted by Gasteiger charge is 2.13. The fourth-order valence-corrected chi connectivity index (χ4v) is 1.81. The Kier molecular flexibility index (Phi) is 5.31. The van der Waals surface area contributed by atoms with Gasteiger partial charge in [0.15, 0.2) is 6.29 Å². The maximum Gasteiger partial charge on any atom is 0.251 e. The normalized spacial score (nSPS) is 10.8. The largest absolute Gasteiger partial charge is 0.354 e. The van der Waals surface area contributed by atoms with E-state index in [9.17, 15) is 4.79 Å². The molecule has 0 spiro atoms. The zero-order valence-electron chi connectivity index (χ0n) is 11.7. The minimum Gasteiger partial charge on any atom is -0.354 e. The summed E-state index contributed by atoms with van der Waals surface area (Å²) >= 11 is 0. The lowest BCUT2D eigenvalue weighted by Crippen LogP contribution is -2.34. The van der Waals surface area contributed by atoms with Crippen molar-refractivity contribution >= 4 is 5.91 Å². The first-order valence-corrected chi connectivity index (χ1v) is 5.91. The molecule has 0 saturated carbocycles. The number of hydrogen-bond donors (Lipinski definition) is 1.